The Balaban J connectivity index is 2.37. The van der Waals surface area contributed by atoms with E-state index in [1.165, 1.54) is 12.1 Å². The lowest BCUT2D eigenvalue weighted by Gasteiger charge is -2.07. The molecule has 5 heteroatoms. The quantitative estimate of drug-likeness (QED) is 0.926. The van der Waals surface area contributed by atoms with Crippen LogP contribution in [0.4, 0.5) is 10.1 Å². The lowest BCUT2D eigenvalue weighted by Crippen LogP contribution is -2.05. The van der Waals surface area contributed by atoms with Crippen molar-refractivity contribution in [2.45, 2.75) is 20.4 Å². The summed E-state index contributed by atoms with van der Waals surface area (Å²) < 4.78 is 15.8. The Kier molecular flexibility index (Phi) is 3.19. The summed E-state index contributed by atoms with van der Waals surface area (Å²) in [5.74, 6) is -0.252. The fraction of sp³-hybridized carbons (Fsp3) is 0.250. The molecule has 0 amide bonds. The summed E-state index contributed by atoms with van der Waals surface area (Å²) in [6.45, 7) is 4.27. The molecule has 0 atom stereocenters. The summed E-state index contributed by atoms with van der Waals surface area (Å²) in [6, 6.07) is 4.61. The minimum Gasteiger partial charge on any atom is -0.396 e. The summed E-state index contributed by atoms with van der Waals surface area (Å²) >= 11 is 3.40. The molecule has 0 aliphatic heterocycles. The normalized spacial score (nSPS) is 10.8. The summed E-state index contributed by atoms with van der Waals surface area (Å²) in [7, 11) is 0. The minimum absolute atomic E-state index is 0.252. The van der Waals surface area contributed by atoms with Gasteiger partial charge in [0.2, 0.25) is 0 Å². The highest BCUT2D eigenvalue weighted by molar-refractivity contribution is 9.10. The third kappa shape index (κ3) is 2.34. The molecule has 0 spiro atoms. The number of hydrogen-bond acceptors (Lipinski definition) is 2. The zero-order chi connectivity index (χ0) is 12.6. The maximum absolute atomic E-state index is 13.2. The SMILES string of the molecule is Cc1nn(Cc2cc(F)ccc2Br)c(C)c1N. The van der Waals surface area contributed by atoms with E-state index in [-0.39, 0.29) is 5.82 Å². The monoisotopic (exact) mass is 297 g/mol. The fourth-order valence-electron chi connectivity index (χ4n) is 1.69. The molecule has 2 aromatic rings. The van der Waals surface area contributed by atoms with Crippen molar-refractivity contribution in [2.75, 3.05) is 5.73 Å². The molecule has 1 aromatic heterocycles. The molecule has 0 saturated heterocycles. The number of nitrogens with two attached hydrogens (primary N) is 1. The standard InChI is InChI=1S/C12H13BrFN3/c1-7-12(15)8(2)17(16-7)6-9-5-10(14)3-4-11(9)13/h3-5H,6,15H2,1-2H3. The van der Waals surface area contributed by atoms with Crippen LogP contribution in [-0.4, -0.2) is 9.78 Å². The van der Waals surface area contributed by atoms with Crippen molar-refractivity contribution in [3.8, 4) is 0 Å². The zero-order valence-electron chi connectivity index (χ0n) is 9.67. The molecule has 2 rings (SSSR count). The van der Waals surface area contributed by atoms with Crippen molar-refractivity contribution >= 4 is 21.6 Å². The third-order valence-corrected chi connectivity index (χ3v) is 3.54. The van der Waals surface area contributed by atoms with E-state index in [1.807, 2.05) is 13.8 Å². The van der Waals surface area contributed by atoms with Gasteiger partial charge in [0, 0.05) is 4.47 Å². The Morgan fingerprint density at radius 1 is 1.41 bits per heavy atom. The molecule has 0 saturated carbocycles. The van der Waals surface area contributed by atoms with Gasteiger partial charge in [-0.15, -0.1) is 0 Å². The van der Waals surface area contributed by atoms with Gasteiger partial charge in [-0.3, -0.25) is 4.68 Å². The second-order valence-electron chi connectivity index (χ2n) is 3.98. The first-order chi connectivity index (χ1) is 7.99. The fourth-order valence-corrected chi connectivity index (χ4v) is 2.06. The van der Waals surface area contributed by atoms with Gasteiger partial charge in [0.1, 0.15) is 5.82 Å². The van der Waals surface area contributed by atoms with Crippen molar-refractivity contribution < 1.29 is 4.39 Å². The molecule has 0 fully saturated rings. The van der Waals surface area contributed by atoms with Gasteiger partial charge in [-0.2, -0.15) is 5.10 Å². The topological polar surface area (TPSA) is 43.8 Å². The predicted molar refractivity (Wildman–Crippen MR) is 69.3 cm³/mol. The molecular formula is C12H13BrFN3. The highest BCUT2D eigenvalue weighted by Crippen LogP contribution is 2.21. The van der Waals surface area contributed by atoms with Gasteiger partial charge < -0.3 is 5.73 Å². The summed E-state index contributed by atoms with van der Waals surface area (Å²) in [5.41, 5.74) is 9.09. The third-order valence-electron chi connectivity index (χ3n) is 2.77. The highest BCUT2D eigenvalue weighted by atomic mass is 79.9. The lowest BCUT2D eigenvalue weighted by atomic mass is 10.2. The van der Waals surface area contributed by atoms with Gasteiger partial charge in [0.05, 0.1) is 23.6 Å². The summed E-state index contributed by atoms with van der Waals surface area (Å²) in [6.07, 6.45) is 0. The molecule has 0 unspecified atom stereocenters. The largest absolute Gasteiger partial charge is 0.396 e. The van der Waals surface area contributed by atoms with Crippen LogP contribution in [0.2, 0.25) is 0 Å². The van der Waals surface area contributed by atoms with Crippen LogP contribution in [0.25, 0.3) is 0 Å². The van der Waals surface area contributed by atoms with Crippen LogP contribution < -0.4 is 5.73 Å². The first-order valence-electron chi connectivity index (χ1n) is 5.22. The smallest absolute Gasteiger partial charge is 0.123 e. The Morgan fingerprint density at radius 3 is 2.71 bits per heavy atom. The lowest BCUT2D eigenvalue weighted by molar-refractivity contribution is 0.614. The van der Waals surface area contributed by atoms with Crippen molar-refractivity contribution in [1.29, 1.82) is 0 Å². The number of aryl methyl sites for hydroxylation is 1. The molecule has 0 aliphatic rings. The first-order valence-corrected chi connectivity index (χ1v) is 6.01. The Bertz CT molecular complexity index is 563. The maximum Gasteiger partial charge on any atom is 0.123 e. The second kappa shape index (κ2) is 4.49. The van der Waals surface area contributed by atoms with E-state index < -0.39 is 0 Å². The molecule has 90 valence electrons. The molecule has 0 bridgehead atoms. The van der Waals surface area contributed by atoms with E-state index in [9.17, 15) is 4.39 Å². The van der Waals surface area contributed by atoms with Crippen LogP contribution in [0, 0.1) is 19.7 Å². The van der Waals surface area contributed by atoms with E-state index in [0.717, 1.165) is 21.4 Å². The number of aromatic nitrogens is 2. The van der Waals surface area contributed by atoms with Crippen molar-refractivity contribution in [1.82, 2.24) is 9.78 Å². The Hall–Kier alpha value is -1.36. The number of benzene rings is 1. The molecule has 1 aromatic carbocycles. The number of hydrogen-bond donors (Lipinski definition) is 1. The molecular weight excluding hydrogens is 285 g/mol. The average Bonchev–Trinajstić information content (AvgIpc) is 2.52. The van der Waals surface area contributed by atoms with Crippen LogP contribution in [-0.2, 0) is 6.54 Å². The summed E-state index contributed by atoms with van der Waals surface area (Å²) in [5, 5.41) is 4.32. The van der Waals surface area contributed by atoms with Gasteiger partial charge in [0.25, 0.3) is 0 Å². The van der Waals surface area contributed by atoms with E-state index in [2.05, 4.69) is 21.0 Å². The molecule has 1 heterocycles. The average molecular weight is 298 g/mol. The van der Waals surface area contributed by atoms with E-state index in [4.69, 9.17) is 5.73 Å². The Labute approximate surface area is 108 Å². The second-order valence-corrected chi connectivity index (χ2v) is 4.83. The number of halogens is 2. The summed E-state index contributed by atoms with van der Waals surface area (Å²) in [4.78, 5) is 0. The van der Waals surface area contributed by atoms with E-state index in [1.54, 1.807) is 10.7 Å². The number of anilines is 1. The van der Waals surface area contributed by atoms with Gasteiger partial charge in [0.15, 0.2) is 0 Å². The van der Waals surface area contributed by atoms with Gasteiger partial charge in [-0.25, -0.2) is 4.39 Å². The van der Waals surface area contributed by atoms with Crippen LogP contribution in [0.5, 0.6) is 0 Å². The molecule has 2 N–H and O–H groups in total. The number of nitrogens with zero attached hydrogens (tertiary/aromatic N) is 2. The van der Waals surface area contributed by atoms with Gasteiger partial charge in [-0.05, 0) is 37.6 Å². The van der Waals surface area contributed by atoms with Gasteiger partial charge in [-0.1, -0.05) is 15.9 Å². The van der Waals surface area contributed by atoms with Crippen molar-refractivity contribution in [3.05, 3.63) is 45.4 Å². The first kappa shape index (κ1) is 12.1. The predicted octanol–water partition coefficient (Wildman–Crippen LogP) is 3.03. The minimum atomic E-state index is -0.252. The molecule has 0 radical (unpaired) electrons. The molecule has 0 aliphatic carbocycles. The Morgan fingerprint density at radius 2 is 2.12 bits per heavy atom. The zero-order valence-corrected chi connectivity index (χ0v) is 11.3. The maximum atomic E-state index is 13.2. The molecule has 3 nitrogen and oxygen atoms in total. The van der Waals surface area contributed by atoms with Gasteiger partial charge >= 0.3 is 0 Å². The van der Waals surface area contributed by atoms with Crippen molar-refractivity contribution in [2.24, 2.45) is 0 Å². The van der Waals surface area contributed by atoms with Crippen molar-refractivity contribution in [3.63, 3.8) is 0 Å². The highest BCUT2D eigenvalue weighted by Gasteiger charge is 2.10. The van der Waals surface area contributed by atoms with E-state index >= 15 is 0 Å². The molecule has 17 heavy (non-hydrogen) atoms. The van der Waals surface area contributed by atoms with Crippen LogP contribution in [0.1, 0.15) is 17.0 Å². The van der Waals surface area contributed by atoms with Crippen LogP contribution in [0.3, 0.4) is 0 Å². The van der Waals surface area contributed by atoms with Crippen LogP contribution in [0.15, 0.2) is 22.7 Å². The number of nitrogen functional groups attached to an aromatic ring is 1. The number of rotatable bonds is 2. The van der Waals surface area contributed by atoms with Crippen LogP contribution >= 0.6 is 15.9 Å². The van der Waals surface area contributed by atoms with E-state index in [0.29, 0.717) is 12.2 Å².